The highest BCUT2D eigenvalue weighted by Crippen LogP contribution is 2.44. The largest absolute Gasteiger partial charge is 0.423 e. The Morgan fingerprint density at radius 2 is 0.833 bits per heavy atom. The second kappa shape index (κ2) is 11.1. The van der Waals surface area contributed by atoms with E-state index in [1.165, 1.54) is 49.2 Å². The number of aromatic nitrogens is 4. The van der Waals surface area contributed by atoms with Gasteiger partial charge in [0, 0.05) is 43.7 Å². The molecule has 0 saturated heterocycles. The summed E-state index contributed by atoms with van der Waals surface area (Å²) in [6, 6.07) is 65.6. The average molecular weight is 691 g/mol. The third kappa shape index (κ3) is 4.06. The van der Waals surface area contributed by atoms with E-state index in [1.807, 2.05) is 24.3 Å². The monoisotopic (exact) mass is 690 g/mol. The fourth-order valence-corrected chi connectivity index (χ4v) is 8.77. The molecule has 5 heteroatoms. The maximum absolute atomic E-state index is 6.31. The van der Waals surface area contributed by atoms with Crippen molar-refractivity contribution < 1.29 is 4.42 Å². The molecule has 4 aromatic heterocycles. The summed E-state index contributed by atoms with van der Waals surface area (Å²) in [5.74, 6) is 0. The van der Waals surface area contributed by atoms with Crippen LogP contribution in [0.3, 0.4) is 0 Å². The highest BCUT2D eigenvalue weighted by molar-refractivity contribution is 6.29. The van der Waals surface area contributed by atoms with Gasteiger partial charge in [-0.1, -0.05) is 97.1 Å². The van der Waals surface area contributed by atoms with E-state index in [0.717, 1.165) is 49.8 Å². The molecule has 8 aromatic carbocycles. The second-order valence-corrected chi connectivity index (χ2v) is 14.0. The van der Waals surface area contributed by atoms with Crippen molar-refractivity contribution >= 4 is 76.5 Å². The van der Waals surface area contributed by atoms with E-state index in [4.69, 9.17) is 9.40 Å². The number of oxazole rings is 1. The number of rotatable bonds is 4. The Morgan fingerprint density at radius 3 is 1.50 bits per heavy atom. The first-order chi connectivity index (χ1) is 26.8. The fraction of sp³-hybridized carbons (Fsp3) is 0. The van der Waals surface area contributed by atoms with E-state index in [-0.39, 0.29) is 0 Å². The average Bonchev–Trinajstić information content (AvgIpc) is 3.98. The van der Waals surface area contributed by atoms with E-state index in [0.29, 0.717) is 6.01 Å². The van der Waals surface area contributed by atoms with Gasteiger partial charge in [-0.2, -0.15) is 4.98 Å². The molecule has 12 rings (SSSR count). The lowest BCUT2D eigenvalue weighted by Crippen LogP contribution is -1.94. The third-order valence-electron chi connectivity index (χ3n) is 11.1. The van der Waals surface area contributed by atoms with Crippen molar-refractivity contribution in [1.82, 2.24) is 18.7 Å². The molecular weight excluding hydrogens is 661 g/mol. The molecule has 5 nitrogen and oxygen atoms in total. The SMILES string of the molecule is c1ccc(-n2c3ccccc3c3c4c5cc(-c6ccc7c(c6)c6ccccc6n7-c6nc7ccccc7o6)ccc5n(-c5ccccc5)c4ccc32)cc1. The molecule has 0 fully saturated rings. The van der Waals surface area contributed by atoms with Gasteiger partial charge in [0.05, 0.1) is 33.1 Å². The minimum absolute atomic E-state index is 0.573. The van der Waals surface area contributed by atoms with Crippen LogP contribution in [-0.2, 0) is 0 Å². The lowest BCUT2D eigenvalue weighted by atomic mass is 9.99. The van der Waals surface area contributed by atoms with Crippen LogP contribution < -0.4 is 0 Å². The number of benzene rings is 8. The van der Waals surface area contributed by atoms with Gasteiger partial charge in [0.25, 0.3) is 0 Å². The Kier molecular flexibility index (Phi) is 5.99. The van der Waals surface area contributed by atoms with Crippen molar-refractivity contribution in [1.29, 1.82) is 0 Å². The van der Waals surface area contributed by atoms with Crippen molar-refractivity contribution in [3.63, 3.8) is 0 Å². The van der Waals surface area contributed by atoms with Gasteiger partial charge in [-0.05, 0) is 96.1 Å². The molecule has 0 radical (unpaired) electrons. The standard InChI is InChI=1S/C49H30N4O/c1-3-13-33(14-4-1)51-41-21-11-8-18-36(41)47-44(51)27-28-45-48(47)38-30-32(24-26-43(38)52(45)34-15-5-2-6-16-34)31-23-25-42-37(29-31)35-17-7-10-20-40(35)53(42)49-50-39-19-9-12-22-46(39)54-49/h1-30H. The van der Waals surface area contributed by atoms with E-state index < -0.39 is 0 Å². The Balaban J connectivity index is 1.14. The first-order valence-corrected chi connectivity index (χ1v) is 18.3. The molecule has 4 heterocycles. The van der Waals surface area contributed by atoms with E-state index >= 15 is 0 Å². The van der Waals surface area contributed by atoms with Gasteiger partial charge >= 0.3 is 6.01 Å². The Hall–Kier alpha value is -7.37. The molecule has 0 N–H and O–H groups in total. The number of fused-ring (bicyclic) bond motifs is 11. The van der Waals surface area contributed by atoms with Crippen LogP contribution in [0.1, 0.15) is 0 Å². The molecule has 0 saturated carbocycles. The summed E-state index contributed by atoms with van der Waals surface area (Å²) in [6.07, 6.45) is 0. The Morgan fingerprint density at radius 1 is 0.352 bits per heavy atom. The lowest BCUT2D eigenvalue weighted by molar-refractivity contribution is 0.574. The molecule has 0 bridgehead atoms. The first kappa shape index (κ1) is 29.2. The Labute approximate surface area is 309 Å². The van der Waals surface area contributed by atoms with Gasteiger partial charge in [0.2, 0.25) is 0 Å². The zero-order chi connectivity index (χ0) is 35.3. The van der Waals surface area contributed by atoms with Crippen LogP contribution in [0.15, 0.2) is 186 Å². The molecule has 0 amide bonds. The summed E-state index contributed by atoms with van der Waals surface area (Å²) in [5.41, 5.74) is 13.1. The van der Waals surface area contributed by atoms with Crippen LogP contribution in [0.2, 0.25) is 0 Å². The molecule has 0 atom stereocenters. The van der Waals surface area contributed by atoms with Crippen LogP contribution in [-0.4, -0.2) is 18.7 Å². The number of nitrogens with zero attached hydrogens (tertiary/aromatic N) is 4. The van der Waals surface area contributed by atoms with Gasteiger partial charge in [-0.15, -0.1) is 0 Å². The molecule has 0 aliphatic heterocycles. The lowest BCUT2D eigenvalue weighted by Gasteiger charge is -2.09. The molecule has 12 aromatic rings. The third-order valence-corrected chi connectivity index (χ3v) is 11.1. The van der Waals surface area contributed by atoms with E-state index in [9.17, 15) is 0 Å². The van der Waals surface area contributed by atoms with Crippen LogP contribution in [0.4, 0.5) is 0 Å². The molecule has 252 valence electrons. The van der Waals surface area contributed by atoms with Gasteiger partial charge in [0.1, 0.15) is 5.52 Å². The van der Waals surface area contributed by atoms with Crippen molar-refractivity contribution in [2.75, 3.05) is 0 Å². The fourth-order valence-electron chi connectivity index (χ4n) is 8.77. The minimum atomic E-state index is 0.573. The van der Waals surface area contributed by atoms with E-state index in [1.54, 1.807) is 0 Å². The second-order valence-electron chi connectivity index (χ2n) is 14.0. The zero-order valence-electron chi connectivity index (χ0n) is 29.0. The van der Waals surface area contributed by atoms with Crippen LogP contribution in [0.5, 0.6) is 0 Å². The summed E-state index contributed by atoms with van der Waals surface area (Å²) < 4.78 is 13.3. The summed E-state index contributed by atoms with van der Waals surface area (Å²) in [5, 5.41) is 7.31. The highest BCUT2D eigenvalue weighted by Gasteiger charge is 2.22. The van der Waals surface area contributed by atoms with Crippen LogP contribution in [0.25, 0.3) is 105 Å². The summed E-state index contributed by atoms with van der Waals surface area (Å²) in [6.45, 7) is 0. The zero-order valence-corrected chi connectivity index (χ0v) is 29.0. The first-order valence-electron chi connectivity index (χ1n) is 18.3. The van der Waals surface area contributed by atoms with Crippen molar-refractivity contribution in [3.05, 3.63) is 182 Å². The van der Waals surface area contributed by atoms with Crippen LogP contribution >= 0.6 is 0 Å². The van der Waals surface area contributed by atoms with Gasteiger partial charge in [-0.25, -0.2) is 0 Å². The quantitative estimate of drug-likeness (QED) is 0.184. The summed E-state index contributed by atoms with van der Waals surface area (Å²) in [4.78, 5) is 4.89. The highest BCUT2D eigenvalue weighted by atomic mass is 16.4. The van der Waals surface area contributed by atoms with Gasteiger partial charge < -0.3 is 13.6 Å². The maximum Gasteiger partial charge on any atom is 0.307 e. The smallest absolute Gasteiger partial charge is 0.307 e. The molecule has 0 aliphatic carbocycles. The molecule has 54 heavy (non-hydrogen) atoms. The minimum Gasteiger partial charge on any atom is -0.423 e. The van der Waals surface area contributed by atoms with E-state index in [2.05, 4.69) is 171 Å². The van der Waals surface area contributed by atoms with Gasteiger partial charge in [-0.3, -0.25) is 4.57 Å². The molecular formula is C49H30N4O. The Bertz CT molecular complexity index is 3400. The summed E-state index contributed by atoms with van der Waals surface area (Å²) >= 11 is 0. The molecule has 0 aliphatic rings. The number of hydrogen-bond donors (Lipinski definition) is 0. The predicted octanol–water partition coefficient (Wildman–Crippen LogP) is 12.8. The number of hydrogen-bond acceptors (Lipinski definition) is 2. The maximum atomic E-state index is 6.31. The summed E-state index contributed by atoms with van der Waals surface area (Å²) in [7, 11) is 0. The van der Waals surface area contributed by atoms with Gasteiger partial charge in [0.15, 0.2) is 5.58 Å². The molecule has 0 spiro atoms. The topological polar surface area (TPSA) is 40.8 Å². The molecule has 0 unspecified atom stereocenters. The normalized spacial score (nSPS) is 12.1. The van der Waals surface area contributed by atoms with Crippen molar-refractivity contribution in [2.24, 2.45) is 0 Å². The predicted molar refractivity (Wildman–Crippen MR) is 222 cm³/mol. The van der Waals surface area contributed by atoms with Crippen LogP contribution in [0, 0.1) is 0 Å². The number of para-hydroxylation sites is 6. The van der Waals surface area contributed by atoms with Crippen molar-refractivity contribution in [3.8, 4) is 28.5 Å². The van der Waals surface area contributed by atoms with Crippen molar-refractivity contribution in [2.45, 2.75) is 0 Å².